The van der Waals surface area contributed by atoms with E-state index in [1.54, 1.807) is 0 Å². The number of alkyl carbamates (subject to hydrolysis) is 1. The van der Waals surface area contributed by atoms with E-state index in [0.29, 0.717) is 6.61 Å². The summed E-state index contributed by atoms with van der Waals surface area (Å²) in [6.45, 7) is 4.70. The van der Waals surface area contributed by atoms with Gasteiger partial charge in [0.1, 0.15) is 6.61 Å². The molecule has 1 aromatic rings. The monoisotopic (exact) mass is 285 g/mol. The molecular weight excluding hydrogens is 270 g/mol. The Bertz CT molecular complexity index is 503. The first-order valence-electron chi connectivity index (χ1n) is 5.90. The molecule has 0 spiro atoms. The molecule has 104 valence electrons. The van der Waals surface area contributed by atoms with Crippen LogP contribution in [0.3, 0.4) is 0 Å². The van der Waals surface area contributed by atoms with Gasteiger partial charge in [0.05, 0.1) is 6.04 Å². The van der Waals surface area contributed by atoms with Crippen molar-refractivity contribution < 1.29 is 19.0 Å². The molecule has 1 fully saturated rings. The molecule has 1 N–H and O–H groups in total. The fourth-order valence-corrected chi connectivity index (χ4v) is 2.37. The summed E-state index contributed by atoms with van der Waals surface area (Å²) >= 11 is 0. The van der Waals surface area contributed by atoms with Gasteiger partial charge in [0.15, 0.2) is 11.5 Å². The van der Waals surface area contributed by atoms with Crippen molar-refractivity contribution in [1.82, 2.24) is 5.32 Å². The number of nitrogens with one attached hydrogen (secondary N) is 1. The van der Waals surface area contributed by atoms with Crippen LogP contribution in [0.15, 0.2) is 18.2 Å². The maximum absolute atomic E-state index is 11.4. The smallest absolute Gasteiger partial charge is 0.407 e. The number of rotatable bonds is 1. The Morgan fingerprint density at radius 1 is 1.26 bits per heavy atom. The second-order valence-corrected chi connectivity index (χ2v) is 5.22. The standard InChI is InChI=1S/C13H15NO4.ClH/c1-13(2)6-16-12(15)14-11(13)8-4-3-5-9-10(8)18-7-17-9;/h3-5,11H,6-7H2,1-2H3,(H,14,15);1H/t11-;/m1./s1. The average Bonchev–Trinajstić information content (AvgIpc) is 2.80. The zero-order chi connectivity index (χ0) is 12.8. The predicted octanol–water partition coefficient (Wildman–Crippen LogP) is 2.64. The third kappa shape index (κ3) is 2.30. The lowest BCUT2D eigenvalue weighted by atomic mass is 9.80. The first-order valence-corrected chi connectivity index (χ1v) is 5.90. The number of halogens is 1. The zero-order valence-corrected chi connectivity index (χ0v) is 11.6. The molecule has 2 aliphatic heterocycles. The molecule has 1 aromatic carbocycles. The average molecular weight is 286 g/mol. The van der Waals surface area contributed by atoms with Gasteiger partial charge in [0.25, 0.3) is 0 Å². The highest BCUT2D eigenvalue weighted by Gasteiger charge is 2.40. The summed E-state index contributed by atoms with van der Waals surface area (Å²) in [5, 5.41) is 2.86. The molecule has 5 nitrogen and oxygen atoms in total. The van der Waals surface area contributed by atoms with Gasteiger partial charge in [-0.3, -0.25) is 0 Å². The van der Waals surface area contributed by atoms with Crippen molar-refractivity contribution in [1.29, 1.82) is 0 Å². The Morgan fingerprint density at radius 3 is 2.84 bits per heavy atom. The van der Waals surface area contributed by atoms with Gasteiger partial charge in [-0.2, -0.15) is 0 Å². The van der Waals surface area contributed by atoms with Crippen LogP contribution in [0, 0.1) is 5.41 Å². The number of hydrogen-bond acceptors (Lipinski definition) is 4. The lowest BCUT2D eigenvalue weighted by Gasteiger charge is -2.38. The molecule has 2 heterocycles. The number of carbonyl (C=O) groups excluding carboxylic acids is 1. The Morgan fingerprint density at radius 2 is 2.05 bits per heavy atom. The van der Waals surface area contributed by atoms with Crippen LogP contribution in [-0.2, 0) is 4.74 Å². The fourth-order valence-electron chi connectivity index (χ4n) is 2.37. The van der Waals surface area contributed by atoms with Gasteiger partial charge in [-0.1, -0.05) is 26.0 Å². The minimum atomic E-state index is -0.393. The summed E-state index contributed by atoms with van der Waals surface area (Å²) in [5.41, 5.74) is 0.737. The lowest BCUT2D eigenvalue weighted by molar-refractivity contribution is 0.0379. The topological polar surface area (TPSA) is 56.8 Å². The molecule has 6 heteroatoms. The summed E-state index contributed by atoms with van der Waals surface area (Å²) in [7, 11) is 0. The van der Waals surface area contributed by atoms with E-state index in [2.05, 4.69) is 5.32 Å². The number of cyclic esters (lactones) is 1. The van der Waals surface area contributed by atoms with E-state index in [0.717, 1.165) is 17.1 Å². The van der Waals surface area contributed by atoms with Gasteiger partial charge in [-0.15, -0.1) is 12.4 Å². The highest BCUT2D eigenvalue weighted by Crippen LogP contribution is 2.45. The highest BCUT2D eigenvalue weighted by molar-refractivity contribution is 5.85. The van der Waals surface area contributed by atoms with Gasteiger partial charge < -0.3 is 19.5 Å². The van der Waals surface area contributed by atoms with E-state index in [4.69, 9.17) is 14.2 Å². The Balaban J connectivity index is 0.00000133. The Hall–Kier alpha value is -1.62. The first-order chi connectivity index (χ1) is 8.58. The minimum absolute atomic E-state index is 0. The van der Waals surface area contributed by atoms with Crippen molar-refractivity contribution >= 4 is 18.5 Å². The molecule has 0 bridgehead atoms. The van der Waals surface area contributed by atoms with Crippen LogP contribution in [0.1, 0.15) is 25.5 Å². The third-order valence-corrected chi connectivity index (χ3v) is 3.36. The van der Waals surface area contributed by atoms with E-state index >= 15 is 0 Å². The molecule has 0 aromatic heterocycles. The van der Waals surface area contributed by atoms with Crippen molar-refractivity contribution in [2.45, 2.75) is 19.9 Å². The molecular formula is C13H16ClNO4. The van der Waals surface area contributed by atoms with Crippen LogP contribution in [0.4, 0.5) is 4.79 Å². The molecule has 0 aliphatic carbocycles. The van der Waals surface area contributed by atoms with Crippen molar-refractivity contribution in [2.24, 2.45) is 5.41 Å². The number of amides is 1. The van der Waals surface area contributed by atoms with Crippen molar-refractivity contribution in [2.75, 3.05) is 13.4 Å². The van der Waals surface area contributed by atoms with Crippen molar-refractivity contribution in [3.05, 3.63) is 23.8 Å². The van der Waals surface area contributed by atoms with Crippen LogP contribution in [0.5, 0.6) is 11.5 Å². The summed E-state index contributed by atoms with van der Waals surface area (Å²) in [6, 6.07) is 5.57. The largest absolute Gasteiger partial charge is 0.454 e. The quantitative estimate of drug-likeness (QED) is 0.862. The summed E-state index contributed by atoms with van der Waals surface area (Å²) in [6.07, 6.45) is -0.393. The lowest BCUT2D eigenvalue weighted by Crippen LogP contribution is -2.47. The van der Waals surface area contributed by atoms with Crippen molar-refractivity contribution in [3.8, 4) is 11.5 Å². The maximum Gasteiger partial charge on any atom is 0.407 e. The molecule has 2 aliphatic rings. The van der Waals surface area contributed by atoms with E-state index < -0.39 is 6.09 Å². The molecule has 1 atom stereocenters. The van der Waals surface area contributed by atoms with Gasteiger partial charge in [-0.05, 0) is 6.07 Å². The van der Waals surface area contributed by atoms with Crippen LogP contribution in [0.25, 0.3) is 0 Å². The van der Waals surface area contributed by atoms with Crippen LogP contribution in [-0.4, -0.2) is 19.5 Å². The molecule has 1 amide bonds. The predicted molar refractivity (Wildman–Crippen MR) is 70.8 cm³/mol. The van der Waals surface area contributed by atoms with Gasteiger partial charge in [-0.25, -0.2) is 4.79 Å². The van der Waals surface area contributed by atoms with Crippen LogP contribution >= 0.6 is 12.4 Å². The molecule has 3 rings (SSSR count). The molecule has 19 heavy (non-hydrogen) atoms. The fraction of sp³-hybridized carbons (Fsp3) is 0.462. The van der Waals surface area contributed by atoms with Gasteiger partial charge >= 0.3 is 6.09 Å². The number of para-hydroxylation sites is 1. The van der Waals surface area contributed by atoms with Gasteiger partial charge in [0, 0.05) is 11.0 Å². The summed E-state index contributed by atoms with van der Waals surface area (Å²) in [5.74, 6) is 1.45. The summed E-state index contributed by atoms with van der Waals surface area (Å²) in [4.78, 5) is 11.4. The molecule has 0 unspecified atom stereocenters. The number of hydrogen-bond donors (Lipinski definition) is 1. The second-order valence-electron chi connectivity index (χ2n) is 5.22. The maximum atomic E-state index is 11.4. The van der Waals surface area contributed by atoms with E-state index in [9.17, 15) is 4.79 Å². The Labute approximate surface area is 117 Å². The van der Waals surface area contributed by atoms with E-state index in [-0.39, 0.29) is 30.7 Å². The normalized spacial score (nSPS) is 23.1. The van der Waals surface area contributed by atoms with E-state index in [1.165, 1.54) is 0 Å². The van der Waals surface area contributed by atoms with Gasteiger partial charge in [0.2, 0.25) is 6.79 Å². The summed E-state index contributed by atoms with van der Waals surface area (Å²) < 4.78 is 15.9. The number of carbonyl (C=O) groups is 1. The van der Waals surface area contributed by atoms with E-state index in [1.807, 2.05) is 32.0 Å². The minimum Gasteiger partial charge on any atom is -0.454 e. The molecule has 0 saturated carbocycles. The third-order valence-electron chi connectivity index (χ3n) is 3.36. The second kappa shape index (κ2) is 4.81. The SMILES string of the molecule is CC1(C)COC(=O)N[C@@H]1c1cccc2c1OCO2.Cl. The van der Waals surface area contributed by atoms with Crippen LogP contribution < -0.4 is 14.8 Å². The highest BCUT2D eigenvalue weighted by atomic mass is 35.5. The molecule has 1 saturated heterocycles. The Kier molecular flexibility index (Phi) is 3.49. The number of fused-ring (bicyclic) bond motifs is 1. The molecule has 0 radical (unpaired) electrons. The van der Waals surface area contributed by atoms with Crippen molar-refractivity contribution in [3.63, 3.8) is 0 Å². The first kappa shape index (κ1) is 13.8. The number of ether oxygens (including phenoxy) is 3. The van der Waals surface area contributed by atoms with Crippen LogP contribution in [0.2, 0.25) is 0 Å². The zero-order valence-electron chi connectivity index (χ0n) is 10.8. The number of benzene rings is 1.